The molecule has 3 N–H and O–H groups in total. The van der Waals surface area contributed by atoms with Gasteiger partial charge in [-0.2, -0.15) is 0 Å². The monoisotopic (exact) mass is 944 g/mol. The van der Waals surface area contributed by atoms with Gasteiger partial charge in [0.2, 0.25) is 0 Å². The predicted molar refractivity (Wildman–Crippen MR) is 279 cm³/mol. The highest BCUT2D eigenvalue weighted by Crippen LogP contribution is 2.43. The molecule has 0 saturated carbocycles. The van der Waals surface area contributed by atoms with Crippen LogP contribution in [0.4, 0.5) is 0 Å². The number of carbonyl (C=O) groups is 2. The normalized spacial score (nSPS) is 13.8. The first-order valence-corrected chi connectivity index (χ1v) is 28.1. The molecule has 0 aromatic heterocycles. The van der Waals surface area contributed by atoms with Gasteiger partial charge in [0.25, 0.3) is 0 Å². The Kier molecular flexibility index (Phi) is 49.4. The maximum absolute atomic E-state index is 12.6. The number of rotatable bonds is 49. The number of phosphoric acid groups is 1. The van der Waals surface area contributed by atoms with Gasteiger partial charge < -0.3 is 20.1 Å². The fourth-order valence-electron chi connectivity index (χ4n) is 7.15. The van der Waals surface area contributed by atoms with E-state index in [2.05, 4.69) is 92.8 Å². The second-order valence-electron chi connectivity index (χ2n) is 17.4. The molecule has 2 unspecified atom stereocenters. The van der Waals surface area contributed by atoms with Crippen LogP contribution in [0, 0.1) is 0 Å². The molecule has 0 rings (SSSR count). The van der Waals surface area contributed by atoms with E-state index < -0.39 is 32.5 Å². The zero-order valence-corrected chi connectivity index (χ0v) is 43.0. The number of phosphoric ester groups is 1. The summed E-state index contributed by atoms with van der Waals surface area (Å²) in [6.07, 6.45) is 66.4. The van der Waals surface area contributed by atoms with Crippen LogP contribution in [0.15, 0.2) is 85.1 Å². The smallest absolute Gasteiger partial charge is 0.462 e. The van der Waals surface area contributed by atoms with Gasteiger partial charge in [0, 0.05) is 19.4 Å². The molecular weight excluding hydrogens is 846 g/mol. The van der Waals surface area contributed by atoms with Crippen LogP contribution < -0.4 is 5.73 Å². The van der Waals surface area contributed by atoms with Crippen LogP contribution in [-0.4, -0.2) is 49.3 Å². The van der Waals surface area contributed by atoms with Crippen LogP contribution in [0.1, 0.15) is 226 Å². The van der Waals surface area contributed by atoms with Gasteiger partial charge in [-0.1, -0.05) is 234 Å². The zero-order chi connectivity index (χ0) is 48.1. The molecule has 2 atom stereocenters. The van der Waals surface area contributed by atoms with Gasteiger partial charge in [0.1, 0.15) is 6.61 Å². The number of ether oxygens (including phenoxy) is 2. The zero-order valence-electron chi connectivity index (χ0n) is 42.2. The summed E-state index contributed by atoms with van der Waals surface area (Å²) in [4.78, 5) is 35.1. The van der Waals surface area contributed by atoms with E-state index in [0.717, 1.165) is 64.2 Å². The van der Waals surface area contributed by atoms with Gasteiger partial charge in [0.05, 0.1) is 13.2 Å². The number of hydrogen-bond donors (Lipinski definition) is 2. The van der Waals surface area contributed by atoms with E-state index >= 15 is 0 Å². The summed E-state index contributed by atoms with van der Waals surface area (Å²) in [5, 5.41) is 0. The molecule has 380 valence electrons. The third-order valence-electron chi connectivity index (χ3n) is 11.0. The lowest BCUT2D eigenvalue weighted by atomic mass is 10.0. The summed E-state index contributed by atoms with van der Waals surface area (Å²) in [5.41, 5.74) is 5.37. The van der Waals surface area contributed by atoms with Gasteiger partial charge in [-0.15, -0.1) is 0 Å². The molecular formula is C56H98NO8P. The van der Waals surface area contributed by atoms with Gasteiger partial charge >= 0.3 is 19.8 Å². The Morgan fingerprint density at radius 1 is 0.470 bits per heavy atom. The van der Waals surface area contributed by atoms with Crippen molar-refractivity contribution in [3.8, 4) is 0 Å². The van der Waals surface area contributed by atoms with Crippen molar-refractivity contribution in [3.63, 3.8) is 0 Å². The highest BCUT2D eigenvalue weighted by Gasteiger charge is 2.26. The third-order valence-corrected chi connectivity index (χ3v) is 12.0. The summed E-state index contributed by atoms with van der Waals surface area (Å²) in [6, 6.07) is 0. The van der Waals surface area contributed by atoms with E-state index in [1.165, 1.54) is 122 Å². The number of hydrogen-bond acceptors (Lipinski definition) is 8. The first-order valence-electron chi connectivity index (χ1n) is 26.6. The van der Waals surface area contributed by atoms with Crippen molar-refractivity contribution in [1.82, 2.24) is 0 Å². The summed E-state index contributed by atoms with van der Waals surface area (Å²) in [5.74, 6) is -0.895. The van der Waals surface area contributed by atoms with E-state index in [1.54, 1.807) is 0 Å². The number of nitrogens with two attached hydrogens (primary N) is 1. The maximum atomic E-state index is 12.6. The molecule has 0 amide bonds. The average molecular weight is 944 g/mol. The molecule has 0 aliphatic rings. The molecule has 0 aromatic carbocycles. The van der Waals surface area contributed by atoms with Crippen LogP contribution in [0.25, 0.3) is 0 Å². The summed E-state index contributed by atoms with van der Waals surface area (Å²) < 4.78 is 32.9. The van der Waals surface area contributed by atoms with Crippen molar-refractivity contribution in [2.24, 2.45) is 5.73 Å². The van der Waals surface area contributed by atoms with Crippen LogP contribution in [0.2, 0.25) is 0 Å². The molecule has 0 bridgehead atoms. The van der Waals surface area contributed by atoms with Gasteiger partial charge in [-0.3, -0.25) is 18.6 Å². The average Bonchev–Trinajstić information content (AvgIpc) is 3.31. The van der Waals surface area contributed by atoms with Crippen molar-refractivity contribution in [2.45, 2.75) is 232 Å². The Bertz CT molecular complexity index is 1350. The Balaban J connectivity index is 4.13. The fraction of sp³-hybridized carbons (Fsp3) is 0.714. The lowest BCUT2D eigenvalue weighted by Crippen LogP contribution is -2.29. The van der Waals surface area contributed by atoms with Crippen LogP contribution in [-0.2, 0) is 32.7 Å². The first-order chi connectivity index (χ1) is 32.3. The highest BCUT2D eigenvalue weighted by molar-refractivity contribution is 7.47. The fourth-order valence-corrected chi connectivity index (χ4v) is 7.92. The molecule has 0 saturated heterocycles. The Labute approximate surface area is 404 Å². The van der Waals surface area contributed by atoms with E-state index in [1.807, 2.05) is 6.08 Å². The highest BCUT2D eigenvalue weighted by atomic mass is 31.2. The Morgan fingerprint density at radius 3 is 1.23 bits per heavy atom. The van der Waals surface area contributed by atoms with E-state index in [4.69, 9.17) is 24.3 Å². The lowest BCUT2D eigenvalue weighted by Gasteiger charge is -2.19. The van der Waals surface area contributed by atoms with Gasteiger partial charge in [-0.25, -0.2) is 4.57 Å². The largest absolute Gasteiger partial charge is 0.472 e. The Morgan fingerprint density at radius 2 is 0.833 bits per heavy atom. The second-order valence-corrected chi connectivity index (χ2v) is 18.8. The number of allylic oxidation sites excluding steroid dienone is 14. The summed E-state index contributed by atoms with van der Waals surface area (Å²) in [7, 11) is -4.40. The second kappa shape index (κ2) is 51.6. The maximum Gasteiger partial charge on any atom is 0.472 e. The van der Waals surface area contributed by atoms with Crippen molar-refractivity contribution in [3.05, 3.63) is 85.1 Å². The van der Waals surface area contributed by atoms with E-state index in [-0.39, 0.29) is 32.6 Å². The number of carbonyl (C=O) groups excluding carboxylic acids is 2. The van der Waals surface area contributed by atoms with Crippen molar-refractivity contribution in [1.29, 1.82) is 0 Å². The quantitative estimate of drug-likeness (QED) is 0.0265. The predicted octanol–water partition coefficient (Wildman–Crippen LogP) is 16.3. The van der Waals surface area contributed by atoms with Crippen LogP contribution in [0.5, 0.6) is 0 Å². The topological polar surface area (TPSA) is 134 Å². The lowest BCUT2D eigenvalue weighted by molar-refractivity contribution is -0.161. The number of esters is 2. The van der Waals surface area contributed by atoms with Crippen LogP contribution in [0.3, 0.4) is 0 Å². The molecule has 0 aromatic rings. The molecule has 0 radical (unpaired) electrons. The van der Waals surface area contributed by atoms with Crippen molar-refractivity contribution < 1.29 is 37.6 Å². The minimum atomic E-state index is -4.40. The molecule has 0 spiro atoms. The molecule has 0 fully saturated rings. The molecule has 66 heavy (non-hydrogen) atoms. The first kappa shape index (κ1) is 63.2. The minimum Gasteiger partial charge on any atom is -0.462 e. The number of unbranched alkanes of at least 4 members (excludes halogenated alkanes) is 22. The van der Waals surface area contributed by atoms with Crippen molar-refractivity contribution in [2.75, 3.05) is 26.4 Å². The summed E-state index contributed by atoms with van der Waals surface area (Å²) >= 11 is 0. The van der Waals surface area contributed by atoms with Crippen LogP contribution >= 0.6 is 7.82 Å². The standard InChI is InChI=1S/C56H98NO8P/c1-3-5-7-9-11-13-15-17-19-21-23-25-27-29-31-33-35-37-39-41-43-45-47-49-56(59)65-54(53-64-66(60,61)63-51-50-57)52-62-55(58)48-46-44-42-40-38-36-34-32-30-28-26-24-22-20-18-16-14-12-10-8-6-4-2/h5,7,11,13,17,19,23,25,29,31,35,37,41,43,54H,3-4,6,8-10,12,14-16,18,20-22,24,26-28,30,32-34,36,38-40,42,44-53,57H2,1-2H3,(H,60,61)/b7-5-,13-11-,19-17-,25-23-,31-29-,37-35-,43-41-. The molecule has 10 heteroatoms. The Hall–Kier alpha value is -2.81. The molecule has 9 nitrogen and oxygen atoms in total. The van der Waals surface area contributed by atoms with E-state index in [9.17, 15) is 19.0 Å². The molecule has 0 aliphatic heterocycles. The third kappa shape index (κ3) is 50.6. The van der Waals surface area contributed by atoms with Crippen molar-refractivity contribution >= 4 is 19.8 Å². The molecule has 0 heterocycles. The van der Waals surface area contributed by atoms with Gasteiger partial charge in [0.15, 0.2) is 6.10 Å². The SMILES string of the molecule is CC/C=C\C/C=C\C/C=C\C/C=C\C/C=C\C/C=C\C/C=C\CCCC(=O)OC(COC(=O)CCCCCCCCCCCCCCCCCCCCCCCC)COP(=O)(O)OCCN. The summed E-state index contributed by atoms with van der Waals surface area (Å²) in [6.45, 7) is 3.58. The minimum absolute atomic E-state index is 0.0410. The van der Waals surface area contributed by atoms with E-state index in [0.29, 0.717) is 12.8 Å². The molecule has 0 aliphatic carbocycles. The van der Waals surface area contributed by atoms with Gasteiger partial charge in [-0.05, 0) is 64.2 Å².